The van der Waals surface area contributed by atoms with Gasteiger partial charge in [0.05, 0.1) is 5.56 Å². The number of benzene rings is 1. The van der Waals surface area contributed by atoms with Gasteiger partial charge in [-0.2, -0.15) is 4.98 Å². The topological polar surface area (TPSA) is 88.2 Å². The minimum atomic E-state index is -0.423. The molecule has 1 amide bonds. The molecule has 0 saturated carbocycles. The maximum Gasteiger partial charge on any atom is 0.255 e. The SMILES string of the molecule is Cc1ccc(O)c(C(=O)NC(C)c2nc(C)no2)c1. The second-order valence-corrected chi connectivity index (χ2v) is 4.40. The molecule has 0 aliphatic heterocycles. The number of aromatic nitrogens is 2. The van der Waals surface area contributed by atoms with E-state index < -0.39 is 6.04 Å². The number of carbonyl (C=O) groups is 1. The van der Waals surface area contributed by atoms with Crippen LogP contribution in [0.4, 0.5) is 0 Å². The lowest BCUT2D eigenvalue weighted by atomic mass is 10.1. The first-order valence-electron chi connectivity index (χ1n) is 5.88. The molecule has 0 fully saturated rings. The van der Waals surface area contributed by atoms with E-state index in [1.807, 2.05) is 6.92 Å². The summed E-state index contributed by atoms with van der Waals surface area (Å²) in [6.07, 6.45) is 0. The zero-order valence-electron chi connectivity index (χ0n) is 11.0. The van der Waals surface area contributed by atoms with Crippen LogP contribution < -0.4 is 5.32 Å². The Balaban J connectivity index is 2.15. The highest BCUT2D eigenvalue weighted by Gasteiger charge is 2.18. The second-order valence-electron chi connectivity index (χ2n) is 4.40. The number of hydrogen-bond donors (Lipinski definition) is 2. The molecule has 2 rings (SSSR count). The fourth-order valence-electron chi connectivity index (χ4n) is 1.66. The third kappa shape index (κ3) is 2.90. The number of phenols is 1. The van der Waals surface area contributed by atoms with Crippen LogP contribution in [0, 0.1) is 13.8 Å². The second kappa shape index (κ2) is 5.09. The summed E-state index contributed by atoms with van der Waals surface area (Å²) in [5.41, 5.74) is 1.12. The summed E-state index contributed by atoms with van der Waals surface area (Å²) in [6, 6.07) is 4.42. The molecule has 19 heavy (non-hydrogen) atoms. The average Bonchev–Trinajstić information content (AvgIpc) is 2.79. The normalized spacial score (nSPS) is 12.2. The van der Waals surface area contributed by atoms with Gasteiger partial charge in [0, 0.05) is 0 Å². The van der Waals surface area contributed by atoms with Gasteiger partial charge in [0.15, 0.2) is 5.82 Å². The van der Waals surface area contributed by atoms with Crippen LogP contribution in [0.25, 0.3) is 0 Å². The van der Waals surface area contributed by atoms with E-state index in [2.05, 4.69) is 15.5 Å². The molecule has 1 unspecified atom stereocenters. The molecule has 100 valence electrons. The molecule has 2 N–H and O–H groups in total. The van der Waals surface area contributed by atoms with Crippen molar-refractivity contribution in [3.63, 3.8) is 0 Å². The Labute approximate surface area is 110 Å². The number of aromatic hydroxyl groups is 1. The summed E-state index contributed by atoms with van der Waals surface area (Å²) >= 11 is 0. The molecule has 0 radical (unpaired) electrons. The Morgan fingerprint density at radius 2 is 2.16 bits per heavy atom. The summed E-state index contributed by atoms with van der Waals surface area (Å²) in [5, 5.41) is 16.0. The van der Waals surface area contributed by atoms with Gasteiger partial charge in [-0.15, -0.1) is 0 Å². The molecule has 6 heteroatoms. The van der Waals surface area contributed by atoms with E-state index in [9.17, 15) is 9.90 Å². The standard InChI is InChI=1S/C13H15N3O3/c1-7-4-5-11(17)10(6-7)12(18)14-8(2)13-15-9(3)16-19-13/h4-6,8,17H,1-3H3,(H,14,18). The Bertz CT molecular complexity index is 607. The lowest BCUT2D eigenvalue weighted by Crippen LogP contribution is -2.27. The van der Waals surface area contributed by atoms with Crippen molar-refractivity contribution in [2.45, 2.75) is 26.8 Å². The summed E-state index contributed by atoms with van der Waals surface area (Å²) in [7, 11) is 0. The Morgan fingerprint density at radius 3 is 2.79 bits per heavy atom. The Kier molecular flexibility index (Phi) is 3.50. The largest absolute Gasteiger partial charge is 0.507 e. The molecule has 0 saturated heterocycles. The summed E-state index contributed by atoms with van der Waals surface area (Å²) < 4.78 is 4.98. The zero-order chi connectivity index (χ0) is 14.0. The molecule has 1 heterocycles. The zero-order valence-corrected chi connectivity index (χ0v) is 11.0. The highest BCUT2D eigenvalue weighted by atomic mass is 16.5. The van der Waals surface area contributed by atoms with Crippen molar-refractivity contribution in [3.05, 3.63) is 41.0 Å². The number of rotatable bonds is 3. The average molecular weight is 261 g/mol. The third-order valence-electron chi connectivity index (χ3n) is 2.66. The predicted molar refractivity (Wildman–Crippen MR) is 67.8 cm³/mol. The van der Waals surface area contributed by atoms with Gasteiger partial charge in [-0.1, -0.05) is 16.8 Å². The number of phenolic OH excluding ortho intramolecular Hbond substituents is 1. The van der Waals surface area contributed by atoms with E-state index in [4.69, 9.17) is 4.52 Å². The van der Waals surface area contributed by atoms with Crippen molar-refractivity contribution >= 4 is 5.91 Å². The van der Waals surface area contributed by atoms with Gasteiger partial charge in [-0.3, -0.25) is 4.79 Å². The lowest BCUT2D eigenvalue weighted by molar-refractivity contribution is 0.0929. The van der Waals surface area contributed by atoms with Crippen LogP contribution in [0.2, 0.25) is 0 Å². The summed E-state index contributed by atoms with van der Waals surface area (Å²) in [5.74, 6) is 0.397. The van der Waals surface area contributed by atoms with Crippen molar-refractivity contribution in [1.29, 1.82) is 0 Å². The van der Waals surface area contributed by atoms with Gasteiger partial charge in [0.25, 0.3) is 5.91 Å². The van der Waals surface area contributed by atoms with Gasteiger partial charge in [0.1, 0.15) is 11.8 Å². The first kappa shape index (κ1) is 13.1. The fraction of sp³-hybridized carbons (Fsp3) is 0.308. The molecule has 1 aromatic carbocycles. The number of aryl methyl sites for hydroxylation is 2. The molecule has 6 nitrogen and oxygen atoms in total. The predicted octanol–water partition coefficient (Wildman–Crippen LogP) is 1.88. The van der Waals surface area contributed by atoms with E-state index in [-0.39, 0.29) is 17.2 Å². The van der Waals surface area contributed by atoms with Crippen LogP contribution in [-0.4, -0.2) is 21.2 Å². The van der Waals surface area contributed by atoms with Gasteiger partial charge in [0.2, 0.25) is 5.89 Å². The quantitative estimate of drug-likeness (QED) is 0.880. The van der Waals surface area contributed by atoms with Gasteiger partial charge in [-0.25, -0.2) is 0 Å². The number of hydrogen-bond acceptors (Lipinski definition) is 5. The number of nitrogens with one attached hydrogen (secondary N) is 1. The highest BCUT2D eigenvalue weighted by Crippen LogP contribution is 2.19. The summed E-state index contributed by atoms with van der Waals surface area (Å²) in [4.78, 5) is 16.1. The van der Waals surface area contributed by atoms with E-state index in [0.29, 0.717) is 11.7 Å². The van der Waals surface area contributed by atoms with E-state index in [0.717, 1.165) is 5.56 Å². The molecule has 2 aromatic rings. The van der Waals surface area contributed by atoms with E-state index >= 15 is 0 Å². The number of nitrogens with zero attached hydrogens (tertiary/aromatic N) is 2. The molecule has 1 aromatic heterocycles. The maximum atomic E-state index is 12.0. The molecule has 0 bridgehead atoms. The first-order chi connectivity index (χ1) is 8.97. The molecule has 0 aliphatic rings. The molecular formula is C13H15N3O3. The van der Waals surface area contributed by atoms with Crippen LogP contribution in [0.15, 0.2) is 22.7 Å². The van der Waals surface area contributed by atoms with Gasteiger partial charge in [-0.05, 0) is 32.9 Å². The first-order valence-corrected chi connectivity index (χ1v) is 5.88. The summed E-state index contributed by atoms with van der Waals surface area (Å²) in [6.45, 7) is 5.28. The van der Waals surface area contributed by atoms with Crippen LogP contribution in [0.3, 0.4) is 0 Å². The van der Waals surface area contributed by atoms with E-state index in [1.54, 1.807) is 26.0 Å². The van der Waals surface area contributed by atoms with E-state index in [1.165, 1.54) is 6.07 Å². The molecule has 1 atom stereocenters. The van der Waals surface area contributed by atoms with Crippen molar-refractivity contribution in [3.8, 4) is 5.75 Å². The van der Waals surface area contributed by atoms with Crippen LogP contribution in [0.5, 0.6) is 5.75 Å². The van der Waals surface area contributed by atoms with Crippen LogP contribution >= 0.6 is 0 Å². The number of carbonyl (C=O) groups excluding carboxylic acids is 1. The third-order valence-corrected chi connectivity index (χ3v) is 2.66. The van der Waals surface area contributed by atoms with Crippen LogP contribution in [0.1, 0.15) is 40.6 Å². The highest BCUT2D eigenvalue weighted by molar-refractivity contribution is 5.97. The molecule has 0 aliphatic carbocycles. The van der Waals surface area contributed by atoms with Crippen molar-refractivity contribution in [2.24, 2.45) is 0 Å². The maximum absolute atomic E-state index is 12.0. The van der Waals surface area contributed by atoms with Crippen molar-refractivity contribution in [1.82, 2.24) is 15.5 Å². The fourth-order valence-corrected chi connectivity index (χ4v) is 1.66. The lowest BCUT2D eigenvalue weighted by Gasteiger charge is -2.11. The monoisotopic (exact) mass is 261 g/mol. The minimum absolute atomic E-state index is 0.0583. The minimum Gasteiger partial charge on any atom is -0.507 e. The smallest absolute Gasteiger partial charge is 0.255 e. The van der Waals surface area contributed by atoms with Crippen LogP contribution in [-0.2, 0) is 0 Å². The van der Waals surface area contributed by atoms with Gasteiger partial charge >= 0.3 is 0 Å². The Hall–Kier alpha value is -2.37. The van der Waals surface area contributed by atoms with Crippen molar-refractivity contribution < 1.29 is 14.4 Å². The molecular weight excluding hydrogens is 246 g/mol. The molecule has 0 spiro atoms. The van der Waals surface area contributed by atoms with Gasteiger partial charge < -0.3 is 14.9 Å². The number of amides is 1. The van der Waals surface area contributed by atoms with Crippen molar-refractivity contribution in [2.75, 3.05) is 0 Å². The Morgan fingerprint density at radius 1 is 1.42 bits per heavy atom.